The number of hydrogen-bond acceptors (Lipinski definition) is 3. The summed E-state index contributed by atoms with van der Waals surface area (Å²) in [5, 5.41) is 0.829. The summed E-state index contributed by atoms with van der Waals surface area (Å²) in [6.07, 6.45) is 1.99. The van der Waals surface area contributed by atoms with E-state index in [1.165, 1.54) is 5.56 Å². The van der Waals surface area contributed by atoms with Crippen LogP contribution in [0.15, 0.2) is 35.5 Å². The van der Waals surface area contributed by atoms with Crippen molar-refractivity contribution < 1.29 is 0 Å². The second-order valence-corrected chi connectivity index (χ2v) is 4.52. The molecule has 0 bridgehead atoms. The SMILES string of the molecule is CSc1nc(C)cc(-c2ccc(C)cc2)n1. The maximum atomic E-state index is 4.50. The van der Waals surface area contributed by atoms with Gasteiger partial charge >= 0.3 is 0 Å². The minimum absolute atomic E-state index is 0.829. The zero-order valence-electron chi connectivity index (χ0n) is 9.69. The van der Waals surface area contributed by atoms with Gasteiger partial charge in [-0.15, -0.1) is 0 Å². The summed E-state index contributed by atoms with van der Waals surface area (Å²) in [6.45, 7) is 4.08. The number of aromatic nitrogens is 2. The highest BCUT2D eigenvalue weighted by molar-refractivity contribution is 7.98. The van der Waals surface area contributed by atoms with Crippen LogP contribution in [0.1, 0.15) is 11.3 Å². The third-order valence-corrected chi connectivity index (χ3v) is 2.91. The van der Waals surface area contributed by atoms with Crippen molar-refractivity contribution in [3.05, 3.63) is 41.6 Å². The summed E-state index contributed by atoms with van der Waals surface area (Å²) in [5.74, 6) is 0. The van der Waals surface area contributed by atoms with E-state index in [2.05, 4.69) is 41.2 Å². The molecule has 2 aromatic rings. The van der Waals surface area contributed by atoms with Crippen molar-refractivity contribution in [2.24, 2.45) is 0 Å². The monoisotopic (exact) mass is 230 g/mol. The molecule has 1 aromatic carbocycles. The van der Waals surface area contributed by atoms with Gasteiger partial charge < -0.3 is 0 Å². The van der Waals surface area contributed by atoms with Gasteiger partial charge in [-0.3, -0.25) is 0 Å². The molecule has 0 atom stereocenters. The molecule has 1 heterocycles. The predicted molar refractivity (Wildman–Crippen MR) is 68.7 cm³/mol. The topological polar surface area (TPSA) is 25.8 Å². The third-order valence-electron chi connectivity index (χ3n) is 2.36. The molecule has 0 aliphatic carbocycles. The number of nitrogens with zero attached hydrogens (tertiary/aromatic N) is 2. The van der Waals surface area contributed by atoms with Gasteiger partial charge in [-0.25, -0.2) is 9.97 Å². The van der Waals surface area contributed by atoms with E-state index in [0.717, 1.165) is 22.1 Å². The minimum atomic E-state index is 0.829. The molecule has 0 aliphatic heterocycles. The fraction of sp³-hybridized carbons (Fsp3) is 0.231. The first-order valence-electron chi connectivity index (χ1n) is 5.16. The molecule has 2 nitrogen and oxygen atoms in total. The molecule has 0 fully saturated rings. The molecule has 0 aliphatic rings. The predicted octanol–water partition coefficient (Wildman–Crippen LogP) is 3.48. The Morgan fingerprint density at radius 3 is 2.31 bits per heavy atom. The van der Waals surface area contributed by atoms with Crippen molar-refractivity contribution in [2.75, 3.05) is 6.26 Å². The maximum absolute atomic E-state index is 4.50. The molecule has 0 saturated carbocycles. The van der Waals surface area contributed by atoms with Crippen LogP contribution >= 0.6 is 11.8 Å². The fourth-order valence-corrected chi connectivity index (χ4v) is 1.93. The fourth-order valence-electron chi connectivity index (χ4n) is 1.50. The molecule has 0 amide bonds. The Hall–Kier alpha value is -1.35. The van der Waals surface area contributed by atoms with Gasteiger partial charge in [0.2, 0.25) is 0 Å². The van der Waals surface area contributed by atoms with E-state index in [1.807, 2.05) is 19.2 Å². The van der Waals surface area contributed by atoms with Crippen molar-refractivity contribution in [2.45, 2.75) is 19.0 Å². The van der Waals surface area contributed by atoms with Gasteiger partial charge in [0.15, 0.2) is 5.16 Å². The van der Waals surface area contributed by atoms with E-state index in [9.17, 15) is 0 Å². The maximum Gasteiger partial charge on any atom is 0.188 e. The summed E-state index contributed by atoms with van der Waals surface area (Å²) < 4.78 is 0. The van der Waals surface area contributed by atoms with Crippen LogP contribution < -0.4 is 0 Å². The molecule has 82 valence electrons. The second-order valence-electron chi connectivity index (χ2n) is 3.75. The van der Waals surface area contributed by atoms with Gasteiger partial charge in [0.25, 0.3) is 0 Å². The highest BCUT2D eigenvalue weighted by atomic mass is 32.2. The molecular weight excluding hydrogens is 216 g/mol. The number of hydrogen-bond donors (Lipinski definition) is 0. The summed E-state index contributed by atoms with van der Waals surface area (Å²) in [7, 11) is 0. The molecule has 2 rings (SSSR count). The highest BCUT2D eigenvalue weighted by Gasteiger charge is 2.03. The molecular formula is C13H14N2S. The van der Waals surface area contributed by atoms with Crippen molar-refractivity contribution in [1.29, 1.82) is 0 Å². The molecule has 0 spiro atoms. The van der Waals surface area contributed by atoms with Crippen LogP contribution in [-0.2, 0) is 0 Å². The lowest BCUT2D eigenvalue weighted by molar-refractivity contribution is 0.941. The van der Waals surface area contributed by atoms with Gasteiger partial charge in [0.05, 0.1) is 5.69 Å². The second kappa shape index (κ2) is 4.66. The van der Waals surface area contributed by atoms with E-state index in [-0.39, 0.29) is 0 Å². The Balaban J connectivity index is 2.47. The van der Waals surface area contributed by atoms with Crippen molar-refractivity contribution >= 4 is 11.8 Å². The van der Waals surface area contributed by atoms with Crippen LogP contribution in [0.25, 0.3) is 11.3 Å². The van der Waals surface area contributed by atoms with E-state index in [4.69, 9.17) is 0 Å². The number of benzene rings is 1. The zero-order chi connectivity index (χ0) is 11.5. The van der Waals surface area contributed by atoms with Crippen molar-refractivity contribution in [1.82, 2.24) is 9.97 Å². The Kier molecular flexibility index (Phi) is 3.25. The van der Waals surface area contributed by atoms with Crippen LogP contribution in [0.3, 0.4) is 0 Å². The van der Waals surface area contributed by atoms with Gasteiger partial charge in [0, 0.05) is 11.3 Å². The quantitative estimate of drug-likeness (QED) is 0.583. The average Bonchev–Trinajstić information content (AvgIpc) is 2.29. The standard InChI is InChI=1S/C13H14N2S/c1-9-4-6-11(7-5-9)12-8-10(2)14-13(15-12)16-3/h4-8H,1-3H3. The lowest BCUT2D eigenvalue weighted by Crippen LogP contribution is -1.92. The van der Waals surface area contributed by atoms with Crippen molar-refractivity contribution in [3.8, 4) is 11.3 Å². The Morgan fingerprint density at radius 1 is 1.00 bits per heavy atom. The van der Waals surface area contributed by atoms with Crippen LogP contribution in [0.2, 0.25) is 0 Å². The minimum Gasteiger partial charge on any atom is -0.228 e. The zero-order valence-corrected chi connectivity index (χ0v) is 10.5. The first kappa shape index (κ1) is 11.1. The van der Waals surface area contributed by atoms with E-state index >= 15 is 0 Å². The number of thioether (sulfide) groups is 1. The van der Waals surface area contributed by atoms with E-state index < -0.39 is 0 Å². The average molecular weight is 230 g/mol. The lowest BCUT2D eigenvalue weighted by atomic mass is 10.1. The summed E-state index contributed by atoms with van der Waals surface area (Å²) in [6, 6.07) is 10.4. The van der Waals surface area contributed by atoms with Gasteiger partial charge in [0.1, 0.15) is 0 Å². The number of aryl methyl sites for hydroxylation is 2. The third kappa shape index (κ3) is 2.42. The van der Waals surface area contributed by atoms with Crippen LogP contribution in [0.4, 0.5) is 0 Å². The van der Waals surface area contributed by atoms with E-state index in [0.29, 0.717) is 0 Å². The van der Waals surface area contributed by atoms with Crippen LogP contribution in [-0.4, -0.2) is 16.2 Å². The van der Waals surface area contributed by atoms with Crippen LogP contribution in [0, 0.1) is 13.8 Å². The smallest absolute Gasteiger partial charge is 0.188 e. The molecule has 0 unspecified atom stereocenters. The van der Waals surface area contributed by atoms with Gasteiger partial charge in [-0.05, 0) is 26.2 Å². The lowest BCUT2D eigenvalue weighted by Gasteiger charge is -2.04. The molecule has 1 aromatic heterocycles. The Morgan fingerprint density at radius 2 is 1.69 bits per heavy atom. The first-order chi connectivity index (χ1) is 7.69. The normalized spacial score (nSPS) is 10.4. The highest BCUT2D eigenvalue weighted by Crippen LogP contribution is 2.20. The molecule has 16 heavy (non-hydrogen) atoms. The van der Waals surface area contributed by atoms with Gasteiger partial charge in [-0.1, -0.05) is 41.6 Å². The summed E-state index contributed by atoms with van der Waals surface area (Å²) >= 11 is 1.57. The molecule has 0 N–H and O–H groups in total. The van der Waals surface area contributed by atoms with Crippen LogP contribution in [0.5, 0.6) is 0 Å². The van der Waals surface area contributed by atoms with Crippen molar-refractivity contribution in [3.63, 3.8) is 0 Å². The first-order valence-corrected chi connectivity index (χ1v) is 6.38. The molecule has 0 radical (unpaired) electrons. The summed E-state index contributed by atoms with van der Waals surface area (Å²) in [4.78, 5) is 8.85. The van der Waals surface area contributed by atoms with Gasteiger partial charge in [-0.2, -0.15) is 0 Å². The van der Waals surface area contributed by atoms with E-state index in [1.54, 1.807) is 11.8 Å². The Bertz CT molecular complexity index is 492. The molecule has 0 saturated heterocycles. The molecule has 3 heteroatoms. The largest absolute Gasteiger partial charge is 0.228 e. The summed E-state index contributed by atoms with van der Waals surface area (Å²) in [5.41, 5.74) is 4.41. The number of rotatable bonds is 2. The Labute approximate surface area is 100 Å².